The van der Waals surface area contributed by atoms with E-state index in [-0.39, 0.29) is 17.9 Å². The Morgan fingerprint density at radius 2 is 1.75 bits per heavy atom. The van der Waals surface area contributed by atoms with Crippen LogP contribution in [0.5, 0.6) is 0 Å². The number of nitrogens with zero attached hydrogens (tertiary/aromatic N) is 4. The van der Waals surface area contributed by atoms with E-state index in [1.165, 1.54) is 17.2 Å². The van der Waals surface area contributed by atoms with Gasteiger partial charge in [-0.05, 0) is 48.7 Å². The van der Waals surface area contributed by atoms with Gasteiger partial charge in [-0.2, -0.15) is 10.1 Å². The molecular weight excluding hydrogens is 498 g/mol. The highest BCUT2D eigenvalue weighted by molar-refractivity contribution is 6.37. The standard InChI is InChI=1S/C28H23Cl2FN4O/c1-17-27(32-28(36-17)22-8-4-5-9-24(22)31)35-26(34-13-12-18-6-2-3-7-19(18)16-34)15-25(33-35)21-11-10-20(29)14-23(21)30/h2-11,14,26H,12-13,15-16H2,1H3. The number of fused-ring (bicyclic) bond motifs is 1. The maximum atomic E-state index is 14.5. The first kappa shape index (κ1) is 23.2. The summed E-state index contributed by atoms with van der Waals surface area (Å²) in [6, 6.07) is 20.4. The highest BCUT2D eigenvalue weighted by Gasteiger charge is 2.37. The van der Waals surface area contributed by atoms with Gasteiger partial charge in [-0.3, -0.25) is 4.90 Å². The van der Waals surface area contributed by atoms with Crippen LogP contribution in [0.4, 0.5) is 10.2 Å². The van der Waals surface area contributed by atoms with Crippen LogP contribution in [0.2, 0.25) is 10.0 Å². The fourth-order valence-electron chi connectivity index (χ4n) is 4.98. The molecule has 8 heteroatoms. The molecule has 2 aliphatic rings. The summed E-state index contributed by atoms with van der Waals surface area (Å²) in [4.78, 5) is 7.11. The molecule has 0 amide bonds. The van der Waals surface area contributed by atoms with Crippen LogP contribution in [0.3, 0.4) is 0 Å². The van der Waals surface area contributed by atoms with Gasteiger partial charge in [0, 0.05) is 30.1 Å². The maximum Gasteiger partial charge on any atom is 0.231 e. The topological polar surface area (TPSA) is 44.9 Å². The molecule has 0 saturated carbocycles. The van der Waals surface area contributed by atoms with Gasteiger partial charge in [0.25, 0.3) is 0 Å². The van der Waals surface area contributed by atoms with Crippen LogP contribution in [-0.4, -0.2) is 28.3 Å². The largest absolute Gasteiger partial charge is 0.439 e. The van der Waals surface area contributed by atoms with Gasteiger partial charge >= 0.3 is 0 Å². The van der Waals surface area contributed by atoms with Crippen molar-refractivity contribution in [3.05, 3.63) is 105 Å². The van der Waals surface area contributed by atoms with Gasteiger partial charge < -0.3 is 4.42 Å². The minimum Gasteiger partial charge on any atom is -0.439 e. The molecule has 3 aromatic carbocycles. The first-order valence-corrected chi connectivity index (χ1v) is 12.6. The summed E-state index contributed by atoms with van der Waals surface area (Å²) in [7, 11) is 0. The molecule has 0 bridgehead atoms. The Labute approximate surface area is 218 Å². The molecule has 0 spiro atoms. The van der Waals surface area contributed by atoms with Crippen molar-refractivity contribution in [1.82, 2.24) is 9.88 Å². The van der Waals surface area contributed by atoms with Gasteiger partial charge in [-0.15, -0.1) is 0 Å². The first-order valence-electron chi connectivity index (χ1n) is 11.8. The average molecular weight is 521 g/mol. The van der Waals surface area contributed by atoms with Crippen LogP contribution in [0, 0.1) is 12.7 Å². The molecule has 0 aliphatic carbocycles. The zero-order valence-electron chi connectivity index (χ0n) is 19.6. The molecule has 1 aromatic heterocycles. The maximum absolute atomic E-state index is 14.5. The fourth-order valence-corrected chi connectivity index (χ4v) is 5.50. The molecular formula is C28H23Cl2FN4O. The lowest BCUT2D eigenvalue weighted by molar-refractivity contribution is 0.183. The Morgan fingerprint density at radius 3 is 2.56 bits per heavy atom. The monoisotopic (exact) mass is 520 g/mol. The van der Waals surface area contributed by atoms with Crippen molar-refractivity contribution < 1.29 is 8.81 Å². The third kappa shape index (κ3) is 4.19. The molecule has 4 aromatic rings. The second-order valence-corrected chi connectivity index (χ2v) is 9.91. The van der Waals surface area contributed by atoms with Crippen LogP contribution in [0.25, 0.3) is 11.5 Å². The number of rotatable bonds is 4. The lowest BCUT2D eigenvalue weighted by Crippen LogP contribution is -2.46. The Hall–Kier alpha value is -3.19. The predicted molar refractivity (Wildman–Crippen MR) is 141 cm³/mol. The van der Waals surface area contributed by atoms with Crippen LogP contribution < -0.4 is 5.01 Å². The van der Waals surface area contributed by atoms with E-state index in [1.807, 2.05) is 24.1 Å². The van der Waals surface area contributed by atoms with Gasteiger partial charge in [-0.1, -0.05) is 65.7 Å². The molecule has 36 heavy (non-hydrogen) atoms. The van der Waals surface area contributed by atoms with Gasteiger partial charge in [-0.25, -0.2) is 9.40 Å². The second-order valence-electron chi connectivity index (χ2n) is 9.07. The Kier molecular flexibility index (Phi) is 6.04. The number of halogens is 3. The van der Waals surface area contributed by atoms with E-state index < -0.39 is 0 Å². The molecule has 0 fully saturated rings. The van der Waals surface area contributed by atoms with Crippen LogP contribution in [0.1, 0.15) is 28.9 Å². The van der Waals surface area contributed by atoms with Gasteiger partial charge in [0.2, 0.25) is 5.89 Å². The quantitative estimate of drug-likeness (QED) is 0.288. The van der Waals surface area contributed by atoms with Gasteiger partial charge in [0.15, 0.2) is 5.82 Å². The van der Waals surface area contributed by atoms with Crippen LogP contribution >= 0.6 is 23.2 Å². The number of hydrogen-bond acceptors (Lipinski definition) is 5. The van der Waals surface area contributed by atoms with Gasteiger partial charge in [0.05, 0.1) is 16.3 Å². The Morgan fingerprint density at radius 1 is 0.972 bits per heavy atom. The summed E-state index contributed by atoms with van der Waals surface area (Å²) >= 11 is 12.7. The number of aryl methyl sites for hydroxylation is 1. The normalized spacial score (nSPS) is 17.8. The summed E-state index contributed by atoms with van der Waals surface area (Å²) < 4.78 is 20.4. The van der Waals surface area contributed by atoms with Crippen LogP contribution in [-0.2, 0) is 13.0 Å². The summed E-state index contributed by atoms with van der Waals surface area (Å²) in [5.74, 6) is 0.990. The molecule has 5 nitrogen and oxygen atoms in total. The lowest BCUT2D eigenvalue weighted by Gasteiger charge is -2.36. The number of hydrazone groups is 1. The number of aromatic nitrogens is 1. The van der Waals surface area contributed by atoms with Crippen molar-refractivity contribution in [2.24, 2.45) is 5.10 Å². The molecule has 2 aliphatic heterocycles. The third-order valence-electron chi connectivity index (χ3n) is 6.80. The van der Waals surface area contributed by atoms with Crippen molar-refractivity contribution >= 4 is 34.7 Å². The van der Waals surface area contributed by atoms with E-state index in [2.05, 4.69) is 29.2 Å². The molecule has 1 atom stereocenters. The van der Waals surface area contributed by atoms with E-state index >= 15 is 0 Å². The highest BCUT2D eigenvalue weighted by atomic mass is 35.5. The van der Waals surface area contributed by atoms with Crippen molar-refractivity contribution in [1.29, 1.82) is 0 Å². The van der Waals surface area contributed by atoms with Crippen molar-refractivity contribution in [3.8, 4) is 11.5 Å². The molecule has 3 heterocycles. The molecule has 0 saturated heterocycles. The number of oxazole rings is 1. The zero-order valence-corrected chi connectivity index (χ0v) is 21.1. The summed E-state index contributed by atoms with van der Waals surface area (Å²) in [6.07, 6.45) is 1.50. The Balaban J connectivity index is 1.41. The third-order valence-corrected chi connectivity index (χ3v) is 7.35. The number of benzene rings is 3. The number of hydrogen-bond donors (Lipinski definition) is 0. The minimum absolute atomic E-state index is 0.0997. The minimum atomic E-state index is -0.381. The predicted octanol–water partition coefficient (Wildman–Crippen LogP) is 7.09. The van der Waals surface area contributed by atoms with E-state index in [1.54, 1.807) is 24.3 Å². The molecule has 0 N–H and O–H groups in total. The fraction of sp³-hybridized carbons (Fsp3) is 0.214. The second kappa shape index (κ2) is 9.36. The summed E-state index contributed by atoms with van der Waals surface area (Å²) in [6.45, 7) is 3.51. The van der Waals surface area contributed by atoms with E-state index in [9.17, 15) is 4.39 Å². The Bertz CT molecular complexity index is 1480. The molecule has 6 rings (SSSR count). The van der Waals surface area contributed by atoms with Crippen LogP contribution in [0.15, 0.2) is 76.2 Å². The van der Waals surface area contributed by atoms with Crippen molar-refractivity contribution in [2.45, 2.75) is 32.5 Å². The average Bonchev–Trinajstić information content (AvgIpc) is 3.47. The van der Waals surface area contributed by atoms with Crippen molar-refractivity contribution in [3.63, 3.8) is 0 Å². The lowest BCUT2D eigenvalue weighted by atomic mass is 9.98. The SMILES string of the molecule is Cc1oc(-c2ccccc2F)nc1N1N=C(c2ccc(Cl)cc2Cl)CC1N1CCc2ccccc2C1. The van der Waals surface area contributed by atoms with E-state index in [4.69, 9.17) is 37.7 Å². The number of anilines is 1. The van der Waals surface area contributed by atoms with Crippen molar-refractivity contribution in [2.75, 3.05) is 11.6 Å². The van der Waals surface area contributed by atoms with E-state index in [0.717, 1.165) is 30.8 Å². The molecule has 1 unspecified atom stereocenters. The molecule has 182 valence electrons. The van der Waals surface area contributed by atoms with Gasteiger partial charge in [0.1, 0.15) is 17.7 Å². The summed E-state index contributed by atoms with van der Waals surface area (Å²) in [5.41, 5.74) is 4.68. The van der Waals surface area contributed by atoms with E-state index in [0.29, 0.717) is 33.6 Å². The first-order chi connectivity index (χ1) is 17.5. The summed E-state index contributed by atoms with van der Waals surface area (Å²) in [5, 5.41) is 8.01. The smallest absolute Gasteiger partial charge is 0.231 e. The zero-order chi connectivity index (χ0) is 24.8. The highest BCUT2D eigenvalue weighted by Crippen LogP contribution is 2.37. The molecule has 0 radical (unpaired) electrons.